The van der Waals surface area contributed by atoms with Gasteiger partial charge in [-0.25, -0.2) is 0 Å². The van der Waals surface area contributed by atoms with Crippen LogP contribution < -0.4 is 5.32 Å². The molecule has 0 rings (SSSR count). The average molecular weight is 153 g/mol. The molecule has 0 heterocycles. The van der Waals surface area contributed by atoms with E-state index in [1.165, 1.54) is 6.08 Å². The first-order valence-electron chi connectivity index (χ1n) is 3.92. The van der Waals surface area contributed by atoms with Crippen molar-refractivity contribution in [3.05, 3.63) is 24.3 Å². The molecule has 1 N–H and O–H groups in total. The van der Waals surface area contributed by atoms with E-state index in [-0.39, 0.29) is 5.91 Å². The molecule has 0 aliphatic heterocycles. The quantitative estimate of drug-likeness (QED) is 0.483. The van der Waals surface area contributed by atoms with E-state index >= 15 is 0 Å². The molecule has 62 valence electrons. The van der Waals surface area contributed by atoms with Crippen LogP contribution in [0, 0.1) is 0 Å². The zero-order valence-corrected chi connectivity index (χ0v) is 7.13. The molecule has 0 unspecified atom stereocenters. The minimum Gasteiger partial charge on any atom is -0.353 e. The van der Waals surface area contributed by atoms with Crippen molar-refractivity contribution in [3.63, 3.8) is 0 Å². The van der Waals surface area contributed by atoms with Crippen molar-refractivity contribution < 1.29 is 4.79 Å². The maximum Gasteiger partial charge on any atom is 0.243 e. The third-order valence-corrected chi connectivity index (χ3v) is 1.08. The molecule has 2 heteroatoms. The van der Waals surface area contributed by atoms with Gasteiger partial charge in [-0.05, 0) is 13.3 Å². The molecule has 0 spiro atoms. The number of allylic oxidation sites excluding steroid dienone is 3. The molecule has 0 aromatic rings. The van der Waals surface area contributed by atoms with Crippen molar-refractivity contribution in [1.29, 1.82) is 0 Å². The highest BCUT2D eigenvalue weighted by Gasteiger charge is 1.86. The highest BCUT2D eigenvalue weighted by atomic mass is 16.1. The van der Waals surface area contributed by atoms with Crippen LogP contribution in [0.5, 0.6) is 0 Å². The van der Waals surface area contributed by atoms with Gasteiger partial charge in [0, 0.05) is 12.6 Å². The van der Waals surface area contributed by atoms with E-state index in [4.69, 9.17) is 0 Å². The Bertz CT molecular complexity index is 159. The predicted molar refractivity (Wildman–Crippen MR) is 47.3 cm³/mol. The Morgan fingerprint density at radius 1 is 1.36 bits per heavy atom. The van der Waals surface area contributed by atoms with Gasteiger partial charge < -0.3 is 5.32 Å². The highest BCUT2D eigenvalue weighted by molar-refractivity contribution is 5.87. The average Bonchev–Trinajstić information content (AvgIpc) is 1.99. The van der Waals surface area contributed by atoms with Crippen LogP contribution >= 0.6 is 0 Å². The Kier molecular flexibility index (Phi) is 6.39. The number of carbonyl (C=O) groups is 1. The molecule has 0 saturated heterocycles. The standard InChI is InChI=1S/C9H15NO/c1-3-5-6-7-8-9(11)10-4-2/h5-8H,3-4H2,1-2H3,(H,10,11)/b6-5?,8-7+. The zero-order chi connectivity index (χ0) is 8.53. The molecule has 0 atom stereocenters. The molecule has 0 radical (unpaired) electrons. The Hall–Kier alpha value is -1.05. The van der Waals surface area contributed by atoms with Crippen LogP contribution in [0.25, 0.3) is 0 Å². The highest BCUT2D eigenvalue weighted by Crippen LogP contribution is 1.81. The lowest BCUT2D eigenvalue weighted by molar-refractivity contribution is -0.116. The van der Waals surface area contributed by atoms with Crippen LogP contribution in [0.15, 0.2) is 24.3 Å². The lowest BCUT2D eigenvalue weighted by Crippen LogP contribution is -2.19. The van der Waals surface area contributed by atoms with Gasteiger partial charge in [0.2, 0.25) is 5.91 Å². The first kappa shape index (κ1) is 9.95. The zero-order valence-electron chi connectivity index (χ0n) is 7.13. The van der Waals surface area contributed by atoms with E-state index in [0.29, 0.717) is 6.54 Å². The predicted octanol–water partition coefficient (Wildman–Crippen LogP) is 1.64. The summed E-state index contributed by atoms with van der Waals surface area (Å²) in [4.78, 5) is 10.8. The van der Waals surface area contributed by atoms with E-state index in [0.717, 1.165) is 6.42 Å². The summed E-state index contributed by atoms with van der Waals surface area (Å²) < 4.78 is 0. The smallest absolute Gasteiger partial charge is 0.243 e. The monoisotopic (exact) mass is 153 g/mol. The van der Waals surface area contributed by atoms with E-state index in [9.17, 15) is 4.79 Å². The van der Waals surface area contributed by atoms with Crippen LogP contribution in [-0.4, -0.2) is 12.5 Å². The molecule has 1 amide bonds. The topological polar surface area (TPSA) is 29.1 Å². The molecule has 0 fully saturated rings. The third kappa shape index (κ3) is 6.84. The summed E-state index contributed by atoms with van der Waals surface area (Å²) in [5.41, 5.74) is 0. The van der Waals surface area contributed by atoms with Gasteiger partial charge in [-0.1, -0.05) is 25.2 Å². The third-order valence-electron chi connectivity index (χ3n) is 1.08. The SMILES string of the molecule is CCC=C/C=C/C(=O)NCC. The number of likely N-dealkylation sites (N-methyl/N-ethyl adjacent to an activating group) is 1. The molecule has 2 nitrogen and oxygen atoms in total. The van der Waals surface area contributed by atoms with E-state index < -0.39 is 0 Å². The summed E-state index contributed by atoms with van der Waals surface area (Å²) in [5.74, 6) is -0.0340. The van der Waals surface area contributed by atoms with E-state index in [1.54, 1.807) is 6.08 Å². The molecule has 0 aliphatic carbocycles. The maximum atomic E-state index is 10.8. The second-order valence-electron chi connectivity index (χ2n) is 2.09. The maximum absolute atomic E-state index is 10.8. The lowest BCUT2D eigenvalue weighted by atomic mass is 10.4. The molecule has 11 heavy (non-hydrogen) atoms. The van der Waals surface area contributed by atoms with Crippen molar-refractivity contribution in [2.45, 2.75) is 20.3 Å². The van der Waals surface area contributed by atoms with Gasteiger partial charge in [0.1, 0.15) is 0 Å². The summed E-state index contributed by atoms with van der Waals surface area (Å²) in [5, 5.41) is 2.66. The Morgan fingerprint density at radius 3 is 2.64 bits per heavy atom. The fourth-order valence-corrected chi connectivity index (χ4v) is 0.591. The molecule has 0 saturated carbocycles. The normalized spacial score (nSPS) is 11.1. The van der Waals surface area contributed by atoms with Crippen LogP contribution in [-0.2, 0) is 4.79 Å². The fraction of sp³-hybridized carbons (Fsp3) is 0.444. The molecular formula is C9H15NO. The number of hydrogen-bond donors (Lipinski definition) is 1. The first-order chi connectivity index (χ1) is 5.31. The molecule has 0 bridgehead atoms. The summed E-state index contributed by atoms with van der Waals surface area (Å²) in [6.07, 6.45) is 8.13. The van der Waals surface area contributed by atoms with Crippen molar-refractivity contribution in [1.82, 2.24) is 5.32 Å². The van der Waals surface area contributed by atoms with E-state index in [2.05, 4.69) is 12.2 Å². The fourth-order valence-electron chi connectivity index (χ4n) is 0.591. The molecular weight excluding hydrogens is 138 g/mol. The van der Waals surface area contributed by atoms with Gasteiger partial charge in [-0.15, -0.1) is 0 Å². The van der Waals surface area contributed by atoms with Crippen LogP contribution in [0.4, 0.5) is 0 Å². The second kappa shape index (κ2) is 7.06. The van der Waals surface area contributed by atoms with Crippen molar-refractivity contribution in [2.24, 2.45) is 0 Å². The summed E-state index contributed by atoms with van der Waals surface area (Å²) in [7, 11) is 0. The number of rotatable bonds is 4. The van der Waals surface area contributed by atoms with Crippen molar-refractivity contribution in [2.75, 3.05) is 6.54 Å². The Labute approximate surface area is 68.0 Å². The van der Waals surface area contributed by atoms with Gasteiger partial charge in [-0.3, -0.25) is 4.79 Å². The Balaban J connectivity index is 3.56. The van der Waals surface area contributed by atoms with Crippen LogP contribution in [0.2, 0.25) is 0 Å². The minimum absolute atomic E-state index is 0.0340. The van der Waals surface area contributed by atoms with Gasteiger partial charge >= 0.3 is 0 Å². The lowest BCUT2D eigenvalue weighted by Gasteiger charge is -1.92. The van der Waals surface area contributed by atoms with Crippen LogP contribution in [0.1, 0.15) is 20.3 Å². The molecule has 0 aromatic carbocycles. The first-order valence-corrected chi connectivity index (χ1v) is 3.92. The van der Waals surface area contributed by atoms with Crippen molar-refractivity contribution >= 4 is 5.91 Å². The number of amides is 1. The van der Waals surface area contributed by atoms with Gasteiger partial charge in [-0.2, -0.15) is 0 Å². The molecule has 0 aromatic heterocycles. The number of hydrogen-bond acceptors (Lipinski definition) is 1. The summed E-state index contributed by atoms with van der Waals surface area (Å²) in [6, 6.07) is 0. The summed E-state index contributed by atoms with van der Waals surface area (Å²) in [6.45, 7) is 4.63. The van der Waals surface area contributed by atoms with E-state index in [1.807, 2.05) is 19.1 Å². The van der Waals surface area contributed by atoms with Crippen LogP contribution in [0.3, 0.4) is 0 Å². The van der Waals surface area contributed by atoms with Gasteiger partial charge in [0.25, 0.3) is 0 Å². The minimum atomic E-state index is -0.0340. The largest absolute Gasteiger partial charge is 0.353 e. The Morgan fingerprint density at radius 2 is 2.09 bits per heavy atom. The number of nitrogens with one attached hydrogen (secondary N) is 1. The number of carbonyl (C=O) groups excluding carboxylic acids is 1. The summed E-state index contributed by atoms with van der Waals surface area (Å²) >= 11 is 0. The van der Waals surface area contributed by atoms with Gasteiger partial charge in [0.15, 0.2) is 0 Å². The molecule has 0 aliphatic rings. The van der Waals surface area contributed by atoms with Gasteiger partial charge in [0.05, 0.1) is 0 Å². The second-order valence-corrected chi connectivity index (χ2v) is 2.09. The van der Waals surface area contributed by atoms with Crippen molar-refractivity contribution in [3.8, 4) is 0 Å².